The first-order valence-corrected chi connectivity index (χ1v) is 9.31. The van der Waals surface area contributed by atoms with Crippen LogP contribution in [0.25, 0.3) is 11.0 Å². The fourth-order valence-electron chi connectivity index (χ4n) is 2.89. The van der Waals surface area contributed by atoms with Gasteiger partial charge in [-0.25, -0.2) is 17.8 Å². The lowest BCUT2D eigenvalue weighted by atomic mass is 9.95. The number of sulfone groups is 1. The predicted molar refractivity (Wildman–Crippen MR) is 86.1 cm³/mol. The highest BCUT2D eigenvalue weighted by Crippen LogP contribution is 2.27. The van der Waals surface area contributed by atoms with Gasteiger partial charge in [0.15, 0.2) is 17.4 Å². The number of imidazole rings is 1. The molecule has 1 aromatic carbocycles. The molecule has 2 heterocycles. The summed E-state index contributed by atoms with van der Waals surface area (Å²) >= 11 is 0. The average molecular weight is 355 g/mol. The minimum Gasteiger partial charge on any atom is -0.505 e. The topological polar surface area (TPSA) is 101 Å². The number of carbonyl (C=O) groups excluding carboxylic acids is 1. The van der Waals surface area contributed by atoms with Crippen molar-refractivity contribution in [1.82, 2.24) is 14.9 Å². The van der Waals surface area contributed by atoms with Crippen LogP contribution in [0.2, 0.25) is 0 Å². The van der Waals surface area contributed by atoms with E-state index >= 15 is 0 Å². The predicted octanol–water partition coefficient (Wildman–Crippen LogP) is 1.12. The van der Waals surface area contributed by atoms with Gasteiger partial charge in [-0.1, -0.05) is 0 Å². The van der Waals surface area contributed by atoms with Gasteiger partial charge in [-0.05, 0) is 31.9 Å². The van der Waals surface area contributed by atoms with Gasteiger partial charge >= 0.3 is 0 Å². The Balaban J connectivity index is 1.90. The molecule has 0 bridgehead atoms. The van der Waals surface area contributed by atoms with E-state index in [1.807, 2.05) is 0 Å². The lowest BCUT2D eigenvalue weighted by Crippen LogP contribution is -2.51. The smallest absolute Gasteiger partial charge is 0.287 e. The van der Waals surface area contributed by atoms with E-state index in [0.29, 0.717) is 12.8 Å². The number of hydrogen-bond donors (Lipinski definition) is 2. The van der Waals surface area contributed by atoms with E-state index in [4.69, 9.17) is 0 Å². The molecule has 1 aliphatic heterocycles. The summed E-state index contributed by atoms with van der Waals surface area (Å²) in [5.74, 6) is -1.80. The van der Waals surface area contributed by atoms with Gasteiger partial charge in [0.25, 0.3) is 5.91 Å². The third kappa shape index (κ3) is 2.83. The highest BCUT2D eigenvalue weighted by Gasteiger charge is 2.35. The molecule has 130 valence electrons. The number of aromatic hydroxyl groups is 1. The van der Waals surface area contributed by atoms with Crippen LogP contribution in [0, 0.1) is 5.82 Å². The number of aromatic nitrogens is 2. The lowest BCUT2D eigenvalue weighted by Gasteiger charge is -2.34. The number of carbonyl (C=O) groups is 1. The molecule has 1 aliphatic rings. The Morgan fingerprint density at radius 3 is 2.62 bits per heavy atom. The maximum absolute atomic E-state index is 14.0. The van der Waals surface area contributed by atoms with Crippen LogP contribution in [0.3, 0.4) is 0 Å². The van der Waals surface area contributed by atoms with Crippen LogP contribution in [-0.2, 0) is 16.9 Å². The summed E-state index contributed by atoms with van der Waals surface area (Å²) in [6.45, 7) is 1.79. The largest absolute Gasteiger partial charge is 0.505 e. The number of fused-ring (bicyclic) bond motifs is 1. The zero-order valence-corrected chi connectivity index (χ0v) is 14.2. The highest BCUT2D eigenvalue weighted by molar-refractivity contribution is 7.91. The number of halogens is 1. The van der Waals surface area contributed by atoms with Gasteiger partial charge in [0.1, 0.15) is 15.4 Å². The Morgan fingerprint density at radius 2 is 2.00 bits per heavy atom. The van der Waals surface area contributed by atoms with Gasteiger partial charge in [0.05, 0.1) is 17.0 Å². The van der Waals surface area contributed by atoms with Crippen LogP contribution < -0.4 is 5.32 Å². The molecule has 0 radical (unpaired) electrons. The van der Waals surface area contributed by atoms with E-state index in [1.54, 1.807) is 6.92 Å². The fraction of sp³-hybridized carbons (Fsp3) is 0.467. The Hall–Kier alpha value is -2.16. The number of hydrogen-bond acceptors (Lipinski definition) is 5. The molecule has 1 aromatic heterocycles. The van der Waals surface area contributed by atoms with E-state index in [9.17, 15) is 22.7 Å². The molecule has 24 heavy (non-hydrogen) atoms. The van der Waals surface area contributed by atoms with Crippen molar-refractivity contribution in [3.63, 3.8) is 0 Å². The van der Waals surface area contributed by atoms with Crippen molar-refractivity contribution in [2.24, 2.45) is 7.05 Å². The summed E-state index contributed by atoms with van der Waals surface area (Å²) in [6.07, 6.45) is 0.639. The van der Waals surface area contributed by atoms with Gasteiger partial charge in [-0.3, -0.25) is 4.79 Å². The van der Waals surface area contributed by atoms with E-state index in [-0.39, 0.29) is 28.4 Å². The van der Waals surface area contributed by atoms with Crippen molar-refractivity contribution >= 4 is 26.8 Å². The Bertz CT molecular complexity index is 922. The normalized spacial score (nSPS) is 19.3. The van der Waals surface area contributed by atoms with Gasteiger partial charge in [0, 0.05) is 12.6 Å². The summed E-state index contributed by atoms with van der Waals surface area (Å²) in [5.41, 5.74) is -0.354. The molecule has 2 aromatic rings. The molecule has 0 unspecified atom stereocenters. The first kappa shape index (κ1) is 16.7. The number of rotatable bonds is 2. The zero-order chi connectivity index (χ0) is 17.7. The second kappa shape index (κ2) is 5.44. The number of benzene rings is 1. The van der Waals surface area contributed by atoms with E-state index in [1.165, 1.54) is 23.7 Å². The maximum Gasteiger partial charge on any atom is 0.287 e. The maximum atomic E-state index is 14.0. The molecule has 1 amide bonds. The zero-order valence-electron chi connectivity index (χ0n) is 13.3. The summed E-state index contributed by atoms with van der Waals surface area (Å²) in [7, 11) is -1.56. The molecular formula is C15H18FN3O4S. The van der Waals surface area contributed by atoms with Crippen molar-refractivity contribution < 1.29 is 22.7 Å². The number of phenolic OH excluding ortho intramolecular Hbond substituents is 1. The summed E-state index contributed by atoms with van der Waals surface area (Å²) in [5, 5.41) is 12.3. The van der Waals surface area contributed by atoms with Gasteiger partial charge in [-0.2, -0.15) is 0 Å². The van der Waals surface area contributed by atoms with Gasteiger partial charge in [0.2, 0.25) is 0 Å². The summed E-state index contributed by atoms with van der Waals surface area (Å²) in [4.78, 5) is 16.7. The second-order valence-corrected chi connectivity index (χ2v) is 8.73. The monoisotopic (exact) mass is 355 g/mol. The van der Waals surface area contributed by atoms with Crippen LogP contribution in [0.5, 0.6) is 5.75 Å². The van der Waals surface area contributed by atoms with Crippen molar-refractivity contribution in [1.29, 1.82) is 0 Å². The highest BCUT2D eigenvalue weighted by atomic mass is 32.2. The number of amides is 1. The van der Waals surface area contributed by atoms with Crippen molar-refractivity contribution in [3.05, 3.63) is 23.8 Å². The van der Waals surface area contributed by atoms with Crippen molar-refractivity contribution in [2.45, 2.75) is 25.3 Å². The molecule has 0 spiro atoms. The molecule has 1 fully saturated rings. The number of phenols is 1. The van der Waals surface area contributed by atoms with Crippen LogP contribution in [0.4, 0.5) is 4.39 Å². The summed E-state index contributed by atoms with van der Waals surface area (Å²) < 4.78 is 38.4. The van der Waals surface area contributed by atoms with Gasteiger partial charge in [-0.15, -0.1) is 0 Å². The number of nitrogens with zero attached hydrogens (tertiary/aromatic N) is 2. The first-order valence-electron chi connectivity index (χ1n) is 7.49. The van der Waals surface area contributed by atoms with E-state index < -0.39 is 32.9 Å². The number of nitrogens with one attached hydrogen (secondary N) is 1. The molecule has 0 saturated carbocycles. The molecule has 7 nitrogen and oxygen atoms in total. The minimum atomic E-state index is -3.04. The average Bonchev–Trinajstić information content (AvgIpc) is 2.85. The third-order valence-electron chi connectivity index (χ3n) is 4.50. The van der Waals surface area contributed by atoms with E-state index in [0.717, 1.165) is 0 Å². The standard InChI is InChI=1S/C15H18FN3O4S/c1-15(5-7-24(22,23)8-6-15)18-14(21)13-17-9-3-4-10(20)11(16)12(9)19(13)2/h3-4,20H,5-8H2,1-2H3,(H,18,21). The molecule has 0 aliphatic carbocycles. The van der Waals surface area contributed by atoms with Crippen molar-refractivity contribution in [3.8, 4) is 5.75 Å². The Kier molecular flexibility index (Phi) is 3.78. The van der Waals surface area contributed by atoms with Gasteiger partial charge < -0.3 is 15.0 Å². The van der Waals surface area contributed by atoms with Crippen LogP contribution in [0.1, 0.15) is 30.4 Å². The fourth-order valence-corrected chi connectivity index (χ4v) is 4.62. The molecule has 2 N–H and O–H groups in total. The summed E-state index contributed by atoms with van der Waals surface area (Å²) in [6, 6.07) is 2.61. The SMILES string of the molecule is Cn1c(C(=O)NC2(C)CCS(=O)(=O)CC2)nc2ccc(O)c(F)c21. The molecule has 3 rings (SSSR count). The van der Waals surface area contributed by atoms with Crippen LogP contribution in [0.15, 0.2) is 12.1 Å². The van der Waals surface area contributed by atoms with Crippen LogP contribution in [-0.4, -0.2) is 46.0 Å². The second-order valence-electron chi connectivity index (χ2n) is 6.43. The number of aryl methyl sites for hydroxylation is 1. The molecule has 0 atom stereocenters. The quantitative estimate of drug-likeness (QED) is 0.840. The third-order valence-corrected chi connectivity index (χ3v) is 6.15. The first-order chi connectivity index (χ1) is 11.1. The Labute approximate surface area is 138 Å². The molecule has 1 saturated heterocycles. The Morgan fingerprint density at radius 1 is 1.38 bits per heavy atom. The molecular weight excluding hydrogens is 337 g/mol. The lowest BCUT2D eigenvalue weighted by molar-refractivity contribution is 0.0886. The molecule has 9 heteroatoms. The van der Waals surface area contributed by atoms with E-state index in [2.05, 4.69) is 10.3 Å². The van der Waals surface area contributed by atoms with Crippen molar-refractivity contribution in [2.75, 3.05) is 11.5 Å². The minimum absolute atomic E-state index is 0.00385. The van der Waals surface area contributed by atoms with Crippen LogP contribution >= 0.6 is 0 Å².